The number of nitrogens with zero attached hydrogens (tertiary/aromatic N) is 1. The molecule has 5 nitrogen and oxygen atoms in total. The van der Waals surface area contributed by atoms with Crippen molar-refractivity contribution >= 4 is 39.7 Å². The molecule has 2 heterocycles. The molecule has 0 bridgehead atoms. The number of anilines is 1. The number of hydrogen-bond donors (Lipinski definition) is 1. The van der Waals surface area contributed by atoms with Gasteiger partial charge in [0.25, 0.3) is 0 Å². The molecule has 0 saturated carbocycles. The van der Waals surface area contributed by atoms with Crippen LogP contribution in [0.4, 0.5) is 5.13 Å². The largest absolute Gasteiger partial charge is 0.469 e. The van der Waals surface area contributed by atoms with Crippen LogP contribution in [0.25, 0.3) is 0 Å². The number of carbonyl (C=O) groups is 2. The second kappa shape index (κ2) is 7.90. The van der Waals surface area contributed by atoms with Crippen LogP contribution in [-0.4, -0.2) is 24.0 Å². The summed E-state index contributed by atoms with van der Waals surface area (Å²) in [7, 11) is 1.38. The normalized spacial score (nSPS) is 10.3. The molecule has 0 aliphatic heterocycles. The number of aryl methyl sites for hydroxylation is 1. The summed E-state index contributed by atoms with van der Waals surface area (Å²) in [5, 5.41) is 7.25. The Morgan fingerprint density at radius 3 is 2.95 bits per heavy atom. The van der Waals surface area contributed by atoms with Gasteiger partial charge in [-0.3, -0.25) is 9.59 Å². The van der Waals surface area contributed by atoms with E-state index in [1.54, 1.807) is 11.3 Å². The number of nitrogens with one attached hydrogen (secondary N) is 1. The highest BCUT2D eigenvalue weighted by Gasteiger charge is 2.09. The lowest BCUT2D eigenvalue weighted by atomic mass is 10.2. The van der Waals surface area contributed by atoms with Crippen LogP contribution in [0.2, 0.25) is 0 Å². The number of methoxy groups -OCH3 is 1. The third kappa shape index (κ3) is 5.28. The lowest BCUT2D eigenvalue weighted by Gasteiger charge is -1.99. The Hall–Kier alpha value is -1.73. The molecule has 0 fully saturated rings. The smallest absolute Gasteiger partial charge is 0.305 e. The first-order valence-corrected chi connectivity index (χ1v) is 8.27. The predicted molar refractivity (Wildman–Crippen MR) is 83.7 cm³/mol. The van der Waals surface area contributed by atoms with E-state index in [0.29, 0.717) is 30.8 Å². The van der Waals surface area contributed by atoms with Gasteiger partial charge in [0.15, 0.2) is 5.13 Å². The number of rotatable bonds is 7. The molecule has 7 heteroatoms. The zero-order valence-electron chi connectivity index (χ0n) is 11.6. The van der Waals surface area contributed by atoms with Crippen LogP contribution < -0.4 is 5.32 Å². The SMILES string of the molecule is COC(=O)CCCc1csc(NC(=O)Cc2cccs2)n1. The van der Waals surface area contributed by atoms with Crippen molar-refractivity contribution in [1.29, 1.82) is 0 Å². The van der Waals surface area contributed by atoms with Crippen LogP contribution in [-0.2, 0) is 27.2 Å². The van der Waals surface area contributed by atoms with Gasteiger partial charge in [0.05, 0.1) is 19.2 Å². The van der Waals surface area contributed by atoms with Gasteiger partial charge < -0.3 is 10.1 Å². The zero-order chi connectivity index (χ0) is 15.1. The van der Waals surface area contributed by atoms with Crippen LogP contribution in [0.15, 0.2) is 22.9 Å². The third-order valence-corrected chi connectivity index (χ3v) is 4.44. The summed E-state index contributed by atoms with van der Waals surface area (Å²) < 4.78 is 4.58. The Labute approximate surface area is 131 Å². The maximum absolute atomic E-state index is 11.8. The molecule has 2 aromatic heterocycles. The fourth-order valence-electron chi connectivity index (χ4n) is 1.73. The molecule has 0 aromatic carbocycles. The van der Waals surface area contributed by atoms with Crippen molar-refractivity contribution in [2.24, 2.45) is 0 Å². The molecule has 0 spiro atoms. The van der Waals surface area contributed by atoms with Crippen LogP contribution in [0.1, 0.15) is 23.4 Å². The monoisotopic (exact) mass is 324 g/mol. The molecule has 0 unspecified atom stereocenters. The minimum absolute atomic E-state index is 0.0621. The highest BCUT2D eigenvalue weighted by molar-refractivity contribution is 7.14. The number of thiazole rings is 1. The number of esters is 1. The zero-order valence-corrected chi connectivity index (χ0v) is 13.3. The molecule has 2 aromatic rings. The van der Waals surface area contributed by atoms with E-state index in [4.69, 9.17) is 0 Å². The molecule has 0 aliphatic rings. The van der Waals surface area contributed by atoms with Crippen LogP contribution in [0.3, 0.4) is 0 Å². The quantitative estimate of drug-likeness (QED) is 0.795. The highest BCUT2D eigenvalue weighted by atomic mass is 32.1. The van der Waals surface area contributed by atoms with Crippen LogP contribution >= 0.6 is 22.7 Å². The van der Waals surface area contributed by atoms with E-state index >= 15 is 0 Å². The van der Waals surface area contributed by atoms with Gasteiger partial charge in [-0.05, 0) is 24.3 Å². The lowest BCUT2D eigenvalue weighted by molar-refractivity contribution is -0.140. The average molecular weight is 324 g/mol. The number of hydrogen-bond acceptors (Lipinski definition) is 6. The Morgan fingerprint density at radius 1 is 1.38 bits per heavy atom. The van der Waals surface area contributed by atoms with Crippen molar-refractivity contribution in [3.05, 3.63) is 33.5 Å². The molecule has 21 heavy (non-hydrogen) atoms. The predicted octanol–water partition coefficient (Wildman–Crippen LogP) is 2.88. The fraction of sp³-hybridized carbons (Fsp3) is 0.357. The minimum Gasteiger partial charge on any atom is -0.469 e. The molecule has 0 aliphatic carbocycles. The fourth-order valence-corrected chi connectivity index (χ4v) is 3.19. The van der Waals surface area contributed by atoms with E-state index in [1.165, 1.54) is 18.4 Å². The molecule has 1 amide bonds. The second-order valence-electron chi connectivity index (χ2n) is 4.38. The van der Waals surface area contributed by atoms with Gasteiger partial charge in [-0.15, -0.1) is 22.7 Å². The van der Waals surface area contributed by atoms with E-state index in [0.717, 1.165) is 10.6 Å². The average Bonchev–Trinajstić information content (AvgIpc) is 3.10. The summed E-state index contributed by atoms with van der Waals surface area (Å²) in [6, 6.07) is 3.86. The van der Waals surface area contributed by atoms with Crippen molar-refractivity contribution in [2.75, 3.05) is 12.4 Å². The number of aromatic nitrogens is 1. The van der Waals surface area contributed by atoms with Crippen molar-refractivity contribution in [3.8, 4) is 0 Å². The van der Waals surface area contributed by atoms with Crippen molar-refractivity contribution in [2.45, 2.75) is 25.7 Å². The molecule has 112 valence electrons. The van der Waals surface area contributed by atoms with E-state index in [2.05, 4.69) is 15.0 Å². The molecule has 1 N–H and O–H groups in total. The van der Waals surface area contributed by atoms with Gasteiger partial charge in [0.2, 0.25) is 5.91 Å². The highest BCUT2D eigenvalue weighted by Crippen LogP contribution is 2.18. The minimum atomic E-state index is -0.213. The number of thiophene rings is 1. The maximum atomic E-state index is 11.8. The lowest BCUT2D eigenvalue weighted by Crippen LogP contribution is -2.13. The number of carbonyl (C=O) groups excluding carboxylic acids is 2. The molecule has 2 rings (SSSR count). The van der Waals surface area contributed by atoms with Gasteiger partial charge in [-0.1, -0.05) is 6.07 Å². The third-order valence-electron chi connectivity index (χ3n) is 2.75. The van der Waals surface area contributed by atoms with Crippen LogP contribution in [0, 0.1) is 0 Å². The van der Waals surface area contributed by atoms with E-state index in [1.807, 2.05) is 22.9 Å². The Morgan fingerprint density at radius 2 is 2.24 bits per heavy atom. The van der Waals surface area contributed by atoms with Crippen molar-refractivity contribution in [1.82, 2.24) is 4.98 Å². The molecule has 0 atom stereocenters. The summed E-state index contributed by atoms with van der Waals surface area (Å²) in [6.07, 6.45) is 2.15. The number of ether oxygens (including phenoxy) is 1. The Kier molecular flexibility index (Phi) is 5.89. The van der Waals surface area contributed by atoms with E-state index in [9.17, 15) is 9.59 Å². The van der Waals surface area contributed by atoms with Gasteiger partial charge in [0.1, 0.15) is 0 Å². The first-order chi connectivity index (χ1) is 10.2. The first kappa shape index (κ1) is 15.7. The second-order valence-corrected chi connectivity index (χ2v) is 6.27. The summed E-state index contributed by atoms with van der Waals surface area (Å²) in [5.74, 6) is -0.275. The summed E-state index contributed by atoms with van der Waals surface area (Å²) in [6.45, 7) is 0. The van der Waals surface area contributed by atoms with Crippen molar-refractivity contribution in [3.63, 3.8) is 0 Å². The standard InChI is InChI=1S/C14H16N2O3S2/c1-19-13(18)6-2-4-10-9-21-14(15-10)16-12(17)8-11-5-3-7-20-11/h3,5,7,9H,2,4,6,8H2,1H3,(H,15,16,17). The summed E-state index contributed by atoms with van der Waals surface area (Å²) in [4.78, 5) is 28.2. The van der Waals surface area contributed by atoms with E-state index in [-0.39, 0.29) is 11.9 Å². The summed E-state index contributed by atoms with van der Waals surface area (Å²) >= 11 is 2.96. The van der Waals surface area contributed by atoms with Crippen molar-refractivity contribution < 1.29 is 14.3 Å². The van der Waals surface area contributed by atoms with Gasteiger partial charge in [-0.2, -0.15) is 0 Å². The Balaban J connectivity index is 1.77. The Bertz CT molecular complexity index is 593. The van der Waals surface area contributed by atoms with Gasteiger partial charge in [0, 0.05) is 16.7 Å². The molecular weight excluding hydrogens is 308 g/mol. The topological polar surface area (TPSA) is 68.3 Å². The van der Waals surface area contributed by atoms with Gasteiger partial charge >= 0.3 is 5.97 Å². The molecule has 0 saturated heterocycles. The molecular formula is C14H16N2O3S2. The first-order valence-electron chi connectivity index (χ1n) is 6.51. The number of amides is 1. The summed E-state index contributed by atoms with van der Waals surface area (Å²) in [5.41, 5.74) is 0.885. The molecule has 0 radical (unpaired) electrons. The maximum Gasteiger partial charge on any atom is 0.305 e. The van der Waals surface area contributed by atoms with Crippen LogP contribution in [0.5, 0.6) is 0 Å². The van der Waals surface area contributed by atoms with Gasteiger partial charge in [-0.25, -0.2) is 4.98 Å². The van der Waals surface area contributed by atoms with E-state index < -0.39 is 0 Å².